The van der Waals surface area contributed by atoms with E-state index >= 15 is 0 Å². The molecule has 1 rings (SSSR count). The third kappa shape index (κ3) is 3.05. The molecule has 0 aliphatic rings. The van der Waals surface area contributed by atoms with Crippen LogP contribution in [-0.4, -0.2) is 24.9 Å². The Bertz CT molecular complexity index is 351. The van der Waals surface area contributed by atoms with Gasteiger partial charge in [0.2, 0.25) is 0 Å². The zero-order valence-corrected chi connectivity index (χ0v) is 8.61. The monoisotopic (exact) mass is 211 g/mol. The van der Waals surface area contributed by atoms with Gasteiger partial charge in [-0.1, -0.05) is 0 Å². The molecular weight excluding hydrogens is 198 g/mol. The summed E-state index contributed by atoms with van der Waals surface area (Å²) in [6.45, 7) is 2.01. The van der Waals surface area contributed by atoms with Gasteiger partial charge in [0, 0.05) is 11.8 Å². The topological polar surface area (TPSA) is 67.8 Å². The van der Waals surface area contributed by atoms with E-state index in [1.807, 2.05) is 0 Å². The molecule has 0 bridgehead atoms. The number of nitrogens with one attached hydrogen (secondary N) is 1. The van der Waals surface area contributed by atoms with E-state index in [-0.39, 0.29) is 5.75 Å². The minimum atomic E-state index is -0.554. The SMILES string of the molecule is CCOC(=O)Nc1ccc(OC)c(O)c1. The number of benzene rings is 1. The number of amides is 1. The molecule has 0 aliphatic heterocycles. The molecule has 82 valence electrons. The molecule has 0 saturated heterocycles. The molecule has 0 aliphatic carbocycles. The highest BCUT2D eigenvalue weighted by Crippen LogP contribution is 2.28. The molecule has 0 aromatic heterocycles. The lowest BCUT2D eigenvalue weighted by atomic mass is 10.3. The Morgan fingerprint density at radius 3 is 2.80 bits per heavy atom. The summed E-state index contributed by atoms with van der Waals surface area (Å²) in [5.74, 6) is 0.316. The largest absolute Gasteiger partial charge is 0.504 e. The fourth-order valence-electron chi connectivity index (χ4n) is 1.05. The van der Waals surface area contributed by atoms with Crippen molar-refractivity contribution in [3.63, 3.8) is 0 Å². The number of hydrogen-bond donors (Lipinski definition) is 2. The van der Waals surface area contributed by atoms with Crippen LogP contribution in [0.1, 0.15) is 6.92 Å². The third-order valence-corrected chi connectivity index (χ3v) is 1.70. The quantitative estimate of drug-likeness (QED) is 0.802. The molecule has 0 radical (unpaired) electrons. The van der Waals surface area contributed by atoms with Crippen LogP contribution < -0.4 is 10.1 Å². The first-order valence-corrected chi connectivity index (χ1v) is 4.48. The van der Waals surface area contributed by atoms with Crippen LogP contribution in [0, 0.1) is 0 Å². The summed E-state index contributed by atoms with van der Waals surface area (Å²) in [7, 11) is 1.45. The van der Waals surface area contributed by atoms with Gasteiger partial charge in [-0.2, -0.15) is 0 Å². The number of phenolic OH excluding ortho intramolecular Hbond substituents is 1. The van der Waals surface area contributed by atoms with Crippen molar-refractivity contribution in [3.05, 3.63) is 18.2 Å². The van der Waals surface area contributed by atoms with Crippen molar-refractivity contribution in [1.82, 2.24) is 0 Å². The second-order valence-electron chi connectivity index (χ2n) is 2.73. The van der Waals surface area contributed by atoms with Crippen molar-refractivity contribution in [3.8, 4) is 11.5 Å². The Morgan fingerprint density at radius 1 is 1.53 bits per heavy atom. The first-order valence-electron chi connectivity index (χ1n) is 4.48. The zero-order chi connectivity index (χ0) is 11.3. The lowest BCUT2D eigenvalue weighted by Gasteiger charge is -2.07. The maximum atomic E-state index is 11.0. The van der Waals surface area contributed by atoms with Gasteiger partial charge in [-0.05, 0) is 19.1 Å². The summed E-state index contributed by atoms with van der Waals surface area (Å²) in [6.07, 6.45) is -0.554. The van der Waals surface area contributed by atoms with E-state index in [2.05, 4.69) is 10.1 Å². The van der Waals surface area contributed by atoms with Gasteiger partial charge in [0.1, 0.15) is 0 Å². The molecule has 0 heterocycles. The standard InChI is InChI=1S/C10H13NO4/c1-3-15-10(13)11-7-4-5-9(14-2)8(12)6-7/h4-6,12H,3H2,1-2H3,(H,11,13). The summed E-state index contributed by atoms with van der Waals surface area (Å²) < 4.78 is 9.54. The van der Waals surface area contributed by atoms with E-state index in [0.29, 0.717) is 18.0 Å². The minimum Gasteiger partial charge on any atom is -0.504 e. The van der Waals surface area contributed by atoms with Crippen LogP contribution in [0.25, 0.3) is 0 Å². The zero-order valence-electron chi connectivity index (χ0n) is 8.61. The van der Waals surface area contributed by atoms with E-state index in [0.717, 1.165) is 0 Å². The highest BCUT2D eigenvalue weighted by Gasteiger charge is 2.05. The minimum absolute atomic E-state index is 0.0354. The molecule has 0 fully saturated rings. The van der Waals surface area contributed by atoms with Crippen molar-refractivity contribution >= 4 is 11.8 Å². The van der Waals surface area contributed by atoms with Crippen LogP contribution in [0.3, 0.4) is 0 Å². The summed E-state index contributed by atoms with van der Waals surface area (Å²) in [5, 5.41) is 11.9. The fourth-order valence-corrected chi connectivity index (χ4v) is 1.05. The number of anilines is 1. The van der Waals surface area contributed by atoms with Gasteiger partial charge in [-0.25, -0.2) is 4.79 Å². The number of carbonyl (C=O) groups is 1. The van der Waals surface area contributed by atoms with Crippen LogP contribution in [0.2, 0.25) is 0 Å². The second-order valence-corrected chi connectivity index (χ2v) is 2.73. The predicted octanol–water partition coefficient (Wildman–Crippen LogP) is 1.97. The lowest BCUT2D eigenvalue weighted by molar-refractivity contribution is 0.168. The van der Waals surface area contributed by atoms with Crippen LogP contribution in [-0.2, 0) is 4.74 Å². The van der Waals surface area contributed by atoms with Gasteiger partial charge in [0.05, 0.1) is 13.7 Å². The van der Waals surface area contributed by atoms with Crippen molar-refractivity contribution in [2.75, 3.05) is 19.0 Å². The van der Waals surface area contributed by atoms with Crippen LogP contribution in [0.15, 0.2) is 18.2 Å². The number of methoxy groups -OCH3 is 1. The van der Waals surface area contributed by atoms with Crippen molar-refractivity contribution in [1.29, 1.82) is 0 Å². The van der Waals surface area contributed by atoms with Crippen molar-refractivity contribution in [2.45, 2.75) is 6.92 Å². The van der Waals surface area contributed by atoms with E-state index in [1.54, 1.807) is 19.1 Å². The normalized spacial score (nSPS) is 9.47. The van der Waals surface area contributed by atoms with Gasteiger partial charge < -0.3 is 14.6 Å². The lowest BCUT2D eigenvalue weighted by Crippen LogP contribution is -2.13. The molecule has 2 N–H and O–H groups in total. The van der Waals surface area contributed by atoms with Gasteiger partial charge in [0.25, 0.3) is 0 Å². The molecule has 1 aromatic carbocycles. The van der Waals surface area contributed by atoms with Gasteiger partial charge >= 0.3 is 6.09 Å². The maximum absolute atomic E-state index is 11.0. The summed E-state index contributed by atoms with van der Waals surface area (Å²) in [6, 6.07) is 4.54. The van der Waals surface area contributed by atoms with Crippen molar-refractivity contribution < 1.29 is 19.4 Å². The Balaban J connectivity index is 2.71. The van der Waals surface area contributed by atoms with Gasteiger partial charge in [0.15, 0.2) is 11.5 Å². The Kier molecular flexibility index (Phi) is 3.79. The fraction of sp³-hybridized carbons (Fsp3) is 0.300. The number of phenols is 1. The highest BCUT2D eigenvalue weighted by atomic mass is 16.5. The third-order valence-electron chi connectivity index (χ3n) is 1.70. The molecular formula is C10H13NO4. The number of carbonyl (C=O) groups excluding carboxylic acids is 1. The molecule has 0 spiro atoms. The molecule has 0 saturated carbocycles. The molecule has 5 heteroatoms. The van der Waals surface area contributed by atoms with E-state index < -0.39 is 6.09 Å². The van der Waals surface area contributed by atoms with Crippen LogP contribution >= 0.6 is 0 Å². The molecule has 15 heavy (non-hydrogen) atoms. The average Bonchev–Trinajstić information content (AvgIpc) is 2.18. The second kappa shape index (κ2) is 5.09. The summed E-state index contributed by atoms with van der Waals surface area (Å²) in [4.78, 5) is 11.0. The molecule has 5 nitrogen and oxygen atoms in total. The molecule has 1 amide bonds. The number of aromatic hydroxyl groups is 1. The number of rotatable bonds is 3. The van der Waals surface area contributed by atoms with E-state index in [1.165, 1.54) is 13.2 Å². The van der Waals surface area contributed by atoms with Crippen LogP contribution in [0.4, 0.5) is 10.5 Å². The van der Waals surface area contributed by atoms with Crippen molar-refractivity contribution in [2.24, 2.45) is 0 Å². The first-order chi connectivity index (χ1) is 7.17. The number of hydrogen-bond acceptors (Lipinski definition) is 4. The smallest absolute Gasteiger partial charge is 0.411 e. The Labute approximate surface area is 87.6 Å². The Hall–Kier alpha value is -1.91. The van der Waals surface area contributed by atoms with E-state index in [9.17, 15) is 9.90 Å². The van der Waals surface area contributed by atoms with Gasteiger partial charge in [-0.3, -0.25) is 5.32 Å². The average molecular weight is 211 g/mol. The molecule has 0 atom stereocenters. The van der Waals surface area contributed by atoms with Gasteiger partial charge in [-0.15, -0.1) is 0 Å². The van der Waals surface area contributed by atoms with E-state index in [4.69, 9.17) is 4.74 Å². The molecule has 0 unspecified atom stereocenters. The Morgan fingerprint density at radius 2 is 2.27 bits per heavy atom. The maximum Gasteiger partial charge on any atom is 0.411 e. The summed E-state index contributed by atoms with van der Waals surface area (Å²) in [5.41, 5.74) is 0.451. The summed E-state index contributed by atoms with van der Waals surface area (Å²) >= 11 is 0. The first kappa shape index (κ1) is 11.2. The number of ether oxygens (including phenoxy) is 2. The highest BCUT2D eigenvalue weighted by molar-refractivity contribution is 5.85. The molecule has 1 aromatic rings. The predicted molar refractivity (Wildman–Crippen MR) is 55.3 cm³/mol. The van der Waals surface area contributed by atoms with Crippen LogP contribution in [0.5, 0.6) is 11.5 Å².